The summed E-state index contributed by atoms with van der Waals surface area (Å²) in [6, 6.07) is 0. The van der Waals surface area contributed by atoms with Crippen LogP contribution >= 0.6 is 11.8 Å². The normalized spacial score (nSPS) is 37.1. The van der Waals surface area contributed by atoms with E-state index in [1.807, 2.05) is 0 Å². The average Bonchev–Trinajstić information content (AvgIpc) is 2.44. The van der Waals surface area contributed by atoms with Crippen molar-refractivity contribution in [1.82, 2.24) is 0 Å². The maximum atomic E-state index is 4.55. The lowest BCUT2D eigenvalue weighted by atomic mass is 9.49. The van der Waals surface area contributed by atoms with E-state index in [2.05, 4.69) is 25.3 Å². The smallest absolute Gasteiger partial charge is 0.00148 e. The number of thioether (sulfide) groups is 1. The lowest BCUT2D eigenvalue weighted by molar-refractivity contribution is -0.0256. The second-order valence-corrected chi connectivity index (χ2v) is 9.43. The molecule has 4 bridgehead atoms. The minimum atomic E-state index is 0.571. The summed E-state index contributed by atoms with van der Waals surface area (Å²) in [6.07, 6.45) is 17.6. The highest BCUT2D eigenvalue weighted by Gasteiger charge is 2.51. The fourth-order valence-electron chi connectivity index (χ4n) is 5.68. The van der Waals surface area contributed by atoms with Crippen LogP contribution in [0.2, 0.25) is 0 Å². The van der Waals surface area contributed by atoms with Gasteiger partial charge in [-0.15, -0.1) is 11.8 Å². The van der Waals surface area contributed by atoms with Crippen molar-refractivity contribution in [2.45, 2.75) is 84.0 Å². The van der Waals surface area contributed by atoms with Crippen LogP contribution in [0.4, 0.5) is 0 Å². The number of allylic oxidation sites excluding steroid dienone is 1. The van der Waals surface area contributed by atoms with E-state index in [0.29, 0.717) is 5.41 Å². The predicted molar refractivity (Wildman–Crippen MR) is 95.6 cm³/mol. The van der Waals surface area contributed by atoms with Crippen molar-refractivity contribution in [2.75, 3.05) is 5.75 Å². The molecule has 0 nitrogen and oxygen atoms in total. The Balaban J connectivity index is 1.39. The third kappa shape index (κ3) is 3.71. The molecule has 120 valence electrons. The fourth-order valence-corrected chi connectivity index (χ4v) is 6.83. The molecule has 4 aliphatic rings. The van der Waals surface area contributed by atoms with Gasteiger partial charge in [0.25, 0.3) is 0 Å². The van der Waals surface area contributed by atoms with Crippen molar-refractivity contribution < 1.29 is 0 Å². The minimum Gasteiger partial charge on any atom is -0.131 e. The van der Waals surface area contributed by atoms with Crippen LogP contribution in [0.15, 0.2) is 11.5 Å². The van der Waals surface area contributed by atoms with Crippen molar-refractivity contribution in [2.24, 2.45) is 23.2 Å². The number of hydrogen-bond donors (Lipinski definition) is 0. The van der Waals surface area contributed by atoms with Crippen LogP contribution in [0.1, 0.15) is 84.0 Å². The van der Waals surface area contributed by atoms with Crippen LogP contribution in [0.3, 0.4) is 0 Å². The van der Waals surface area contributed by atoms with E-state index < -0.39 is 0 Å². The molecular formula is C20H34S. The number of hydrogen-bond acceptors (Lipinski definition) is 1. The number of unbranched alkanes of at least 4 members (excludes halogenated alkanes) is 5. The fraction of sp³-hybridized carbons (Fsp3) is 0.900. The Labute approximate surface area is 136 Å². The molecule has 4 aliphatic carbocycles. The summed E-state index contributed by atoms with van der Waals surface area (Å²) in [5.41, 5.74) is 0.571. The van der Waals surface area contributed by atoms with Gasteiger partial charge in [-0.1, -0.05) is 45.6 Å². The van der Waals surface area contributed by atoms with Gasteiger partial charge in [0, 0.05) is 5.41 Å². The van der Waals surface area contributed by atoms with Gasteiger partial charge < -0.3 is 0 Å². The Morgan fingerprint density at radius 3 is 2.00 bits per heavy atom. The molecule has 0 aromatic rings. The Morgan fingerprint density at radius 2 is 1.43 bits per heavy atom. The van der Waals surface area contributed by atoms with Crippen molar-refractivity contribution >= 4 is 11.8 Å². The maximum Gasteiger partial charge on any atom is 0.00148 e. The summed E-state index contributed by atoms with van der Waals surface area (Å²) in [5, 5.41) is 0. The molecule has 0 amide bonds. The third-order valence-corrected chi connectivity index (χ3v) is 7.68. The van der Waals surface area contributed by atoms with Gasteiger partial charge in [-0.05, 0) is 73.4 Å². The molecule has 4 saturated carbocycles. The maximum absolute atomic E-state index is 4.55. The van der Waals surface area contributed by atoms with Gasteiger partial charge in [-0.2, -0.15) is 0 Å². The minimum absolute atomic E-state index is 0.571. The summed E-state index contributed by atoms with van der Waals surface area (Å²) in [6.45, 7) is 6.85. The molecule has 0 unspecified atom stereocenters. The topological polar surface area (TPSA) is 0 Å². The van der Waals surface area contributed by atoms with E-state index in [-0.39, 0.29) is 0 Å². The summed E-state index contributed by atoms with van der Waals surface area (Å²) >= 11 is 2.13. The Bertz CT molecular complexity index is 322. The molecular weight excluding hydrogens is 272 g/mol. The first-order valence-electron chi connectivity index (χ1n) is 9.54. The molecule has 0 aliphatic heterocycles. The third-order valence-electron chi connectivity index (χ3n) is 6.40. The van der Waals surface area contributed by atoms with E-state index >= 15 is 0 Å². The van der Waals surface area contributed by atoms with E-state index in [9.17, 15) is 0 Å². The first kappa shape index (κ1) is 16.0. The molecule has 4 rings (SSSR count). The van der Waals surface area contributed by atoms with Crippen LogP contribution < -0.4 is 0 Å². The van der Waals surface area contributed by atoms with Crippen molar-refractivity contribution in [3.05, 3.63) is 11.5 Å². The molecule has 1 heteroatoms. The van der Waals surface area contributed by atoms with Gasteiger partial charge in [-0.25, -0.2) is 0 Å². The predicted octanol–water partition coefficient (Wildman–Crippen LogP) is 6.81. The Hall–Kier alpha value is 0.0900. The van der Waals surface area contributed by atoms with E-state index in [1.165, 1.54) is 63.5 Å². The van der Waals surface area contributed by atoms with Crippen LogP contribution in [-0.4, -0.2) is 5.75 Å². The van der Waals surface area contributed by atoms with Gasteiger partial charge >= 0.3 is 0 Å². The quantitative estimate of drug-likeness (QED) is 0.422. The summed E-state index contributed by atoms with van der Waals surface area (Å²) in [4.78, 5) is 1.58. The Morgan fingerprint density at radius 1 is 0.905 bits per heavy atom. The van der Waals surface area contributed by atoms with Crippen LogP contribution in [0, 0.1) is 23.2 Å². The van der Waals surface area contributed by atoms with Crippen LogP contribution in [0.5, 0.6) is 0 Å². The molecule has 0 atom stereocenters. The van der Waals surface area contributed by atoms with E-state index in [4.69, 9.17) is 0 Å². The lowest BCUT2D eigenvalue weighted by Gasteiger charge is -2.57. The number of rotatable bonds is 9. The SMILES string of the molecule is C=C(SCCCCCCCC)C12CC3CC(CC(C3)C1)C2. The van der Waals surface area contributed by atoms with Gasteiger partial charge in [0.15, 0.2) is 0 Å². The molecule has 0 radical (unpaired) electrons. The molecule has 0 spiro atoms. The zero-order chi connectivity index (χ0) is 14.7. The first-order chi connectivity index (χ1) is 10.2. The van der Waals surface area contributed by atoms with Crippen LogP contribution in [0.25, 0.3) is 0 Å². The monoisotopic (exact) mass is 306 g/mol. The largest absolute Gasteiger partial charge is 0.131 e. The van der Waals surface area contributed by atoms with E-state index in [1.54, 1.807) is 24.2 Å². The van der Waals surface area contributed by atoms with E-state index in [0.717, 1.165) is 17.8 Å². The van der Waals surface area contributed by atoms with Gasteiger partial charge in [0.2, 0.25) is 0 Å². The molecule has 0 aromatic heterocycles. The highest BCUT2D eigenvalue weighted by Crippen LogP contribution is 2.63. The molecule has 4 fully saturated rings. The highest BCUT2D eigenvalue weighted by molar-refractivity contribution is 8.03. The summed E-state index contributed by atoms with van der Waals surface area (Å²) in [7, 11) is 0. The molecule has 0 saturated heterocycles. The average molecular weight is 307 g/mol. The van der Waals surface area contributed by atoms with Gasteiger partial charge in [0.05, 0.1) is 0 Å². The zero-order valence-electron chi connectivity index (χ0n) is 14.0. The first-order valence-corrected chi connectivity index (χ1v) is 10.5. The summed E-state index contributed by atoms with van der Waals surface area (Å²) < 4.78 is 0. The Kier molecular flexibility index (Phi) is 5.41. The zero-order valence-corrected chi connectivity index (χ0v) is 14.9. The summed E-state index contributed by atoms with van der Waals surface area (Å²) in [5.74, 6) is 4.50. The molecule has 0 N–H and O–H groups in total. The lowest BCUT2D eigenvalue weighted by Crippen LogP contribution is -2.46. The van der Waals surface area contributed by atoms with Crippen molar-refractivity contribution in [3.8, 4) is 0 Å². The van der Waals surface area contributed by atoms with Gasteiger partial charge in [-0.3, -0.25) is 0 Å². The molecule has 0 aromatic carbocycles. The molecule has 21 heavy (non-hydrogen) atoms. The van der Waals surface area contributed by atoms with Gasteiger partial charge in [0.1, 0.15) is 0 Å². The van der Waals surface area contributed by atoms with Crippen molar-refractivity contribution in [3.63, 3.8) is 0 Å². The highest BCUT2D eigenvalue weighted by atomic mass is 32.2. The van der Waals surface area contributed by atoms with Crippen LogP contribution in [-0.2, 0) is 0 Å². The second-order valence-electron chi connectivity index (χ2n) is 8.24. The molecule has 0 heterocycles. The standard InChI is InChI=1S/C20H34S/c1-3-4-5-6-7-8-9-21-16(2)20-13-17-10-18(14-20)12-19(11-17)15-20/h17-19H,2-15H2,1H3. The second kappa shape index (κ2) is 7.11. The van der Waals surface area contributed by atoms with Crippen molar-refractivity contribution in [1.29, 1.82) is 0 Å².